The molecule has 0 amide bonds. The van der Waals surface area contributed by atoms with Crippen LogP contribution in [0.1, 0.15) is 51.2 Å². The van der Waals surface area contributed by atoms with Crippen LogP contribution in [0.3, 0.4) is 0 Å². The van der Waals surface area contributed by atoms with E-state index in [-0.39, 0.29) is 5.41 Å². The Labute approximate surface area is 123 Å². The summed E-state index contributed by atoms with van der Waals surface area (Å²) in [5.74, 6) is 0. The summed E-state index contributed by atoms with van der Waals surface area (Å²) in [7, 11) is -3.36. The Kier molecular flexibility index (Phi) is 4.26. The van der Waals surface area contributed by atoms with Gasteiger partial charge in [-0.05, 0) is 36.8 Å². The maximum atomic E-state index is 12.9. The van der Waals surface area contributed by atoms with Crippen LogP contribution >= 0.6 is 0 Å². The van der Waals surface area contributed by atoms with Crippen LogP contribution < -0.4 is 0 Å². The molecule has 0 spiro atoms. The van der Waals surface area contributed by atoms with Crippen molar-refractivity contribution in [1.82, 2.24) is 4.31 Å². The minimum atomic E-state index is -3.36. The fourth-order valence-corrected chi connectivity index (χ4v) is 4.60. The van der Waals surface area contributed by atoms with Crippen molar-refractivity contribution < 1.29 is 8.42 Å². The highest BCUT2D eigenvalue weighted by Crippen LogP contribution is 2.32. The third kappa shape index (κ3) is 3.07. The zero-order valence-electron chi connectivity index (χ0n) is 12.9. The number of nitrogens with zero attached hydrogens (tertiary/aromatic N) is 1. The van der Waals surface area contributed by atoms with E-state index in [4.69, 9.17) is 0 Å². The largest absolute Gasteiger partial charge is 0.243 e. The lowest BCUT2D eigenvalue weighted by atomic mass is 9.86. The van der Waals surface area contributed by atoms with Gasteiger partial charge in [-0.1, -0.05) is 44.9 Å². The second-order valence-corrected chi connectivity index (χ2v) is 8.62. The molecule has 0 radical (unpaired) electrons. The molecule has 1 fully saturated rings. The molecule has 112 valence electrons. The molecule has 20 heavy (non-hydrogen) atoms. The molecule has 0 bridgehead atoms. The van der Waals surface area contributed by atoms with Gasteiger partial charge in [0.1, 0.15) is 0 Å². The zero-order chi connectivity index (χ0) is 15.0. The average Bonchev–Trinajstić information content (AvgIpc) is 2.38. The molecule has 0 unspecified atom stereocenters. The molecular weight excluding hydrogens is 270 g/mol. The van der Waals surface area contributed by atoms with Crippen molar-refractivity contribution in [2.24, 2.45) is 0 Å². The lowest BCUT2D eigenvalue weighted by Gasteiger charge is -2.29. The van der Waals surface area contributed by atoms with E-state index in [9.17, 15) is 8.42 Å². The van der Waals surface area contributed by atoms with Gasteiger partial charge in [-0.3, -0.25) is 0 Å². The molecule has 0 N–H and O–H groups in total. The van der Waals surface area contributed by atoms with E-state index in [1.807, 2.05) is 19.1 Å². The summed E-state index contributed by atoms with van der Waals surface area (Å²) in [5.41, 5.74) is 1.85. The minimum Gasteiger partial charge on any atom is -0.207 e. The molecular formula is C16H25NO2S. The first kappa shape index (κ1) is 15.5. The van der Waals surface area contributed by atoms with E-state index in [0.29, 0.717) is 18.0 Å². The number of hydrogen-bond donors (Lipinski definition) is 0. The summed E-state index contributed by atoms with van der Waals surface area (Å²) < 4.78 is 27.4. The van der Waals surface area contributed by atoms with Crippen LogP contribution in [0.25, 0.3) is 0 Å². The van der Waals surface area contributed by atoms with E-state index in [1.165, 1.54) is 0 Å². The van der Waals surface area contributed by atoms with Gasteiger partial charge >= 0.3 is 0 Å². The number of aryl methyl sites for hydroxylation is 1. The van der Waals surface area contributed by atoms with Crippen LogP contribution in [0.4, 0.5) is 0 Å². The SMILES string of the molecule is Cc1ccc(S(=O)(=O)N2CCCCC2)c(C(C)(C)C)c1. The van der Waals surface area contributed by atoms with Gasteiger partial charge in [0.15, 0.2) is 0 Å². The van der Waals surface area contributed by atoms with Crippen molar-refractivity contribution in [3.8, 4) is 0 Å². The molecule has 1 heterocycles. The molecule has 0 saturated carbocycles. The maximum absolute atomic E-state index is 12.9. The molecule has 1 aromatic rings. The Balaban J connectivity index is 2.51. The first-order valence-electron chi connectivity index (χ1n) is 7.34. The van der Waals surface area contributed by atoms with Gasteiger partial charge in [0, 0.05) is 13.1 Å². The van der Waals surface area contributed by atoms with Crippen LogP contribution in [-0.2, 0) is 15.4 Å². The van der Waals surface area contributed by atoms with Crippen molar-refractivity contribution in [2.45, 2.75) is 57.3 Å². The van der Waals surface area contributed by atoms with Crippen LogP contribution in [0.2, 0.25) is 0 Å². The average molecular weight is 295 g/mol. The summed E-state index contributed by atoms with van der Waals surface area (Å²) in [6, 6.07) is 5.68. The third-order valence-corrected chi connectivity index (χ3v) is 5.83. The van der Waals surface area contributed by atoms with Gasteiger partial charge in [0.2, 0.25) is 10.0 Å². The van der Waals surface area contributed by atoms with Crippen molar-refractivity contribution in [3.05, 3.63) is 29.3 Å². The number of benzene rings is 1. The highest BCUT2D eigenvalue weighted by atomic mass is 32.2. The summed E-state index contributed by atoms with van der Waals surface area (Å²) in [6.07, 6.45) is 3.07. The molecule has 0 aromatic heterocycles. The molecule has 1 aliphatic rings. The monoisotopic (exact) mass is 295 g/mol. The standard InChI is InChI=1S/C16H25NO2S/c1-13-8-9-15(14(12-13)16(2,3)4)20(18,19)17-10-6-5-7-11-17/h8-9,12H,5-7,10-11H2,1-4H3. The molecule has 2 rings (SSSR count). The molecule has 0 atom stereocenters. The van der Waals surface area contributed by atoms with Gasteiger partial charge < -0.3 is 0 Å². The Morgan fingerprint density at radius 3 is 2.20 bits per heavy atom. The highest BCUT2D eigenvalue weighted by molar-refractivity contribution is 7.89. The number of piperidine rings is 1. The summed E-state index contributed by atoms with van der Waals surface area (Å²) in [4.78, 5) is 0.484. The summed E-state index contributed by atoms with van der Waals surface area (Å²) >= 11 is 0. The van der Waals surface area contributed by atoms with E-state index in [2.05, 4.69) is 20.8 Å². The quantitative estimate of drug-likeness (QED) is 0.838. The maximum Gasteiger partial charge on any atom is 0.243 e. The number of rotatable bonds is 2. The first-order valence-corrected chi connectivity index (χ1v) is 8.78. The van der Waals surface area contributed by atoms with Crippen LogP contribution in [0.15, 0.2) is 23.1 Å². The van der Waals surface area contributed by atoms with Gasteiger partial charge in [0.25, 0.3) is 0 Å². The second-order valence-electron chi connectivity index (χ2n) is 6.71. The summed E-state index contributed by atoms with van der Waals surface area (Å²) in [5, 5.41) is 0. The predicted octanol–water partition coefficient (Wildman–Crippen LogP) is 3.47. The Morgan fingerprint density at radius 1 is 1.05 bits per heavy atom. The molecule has 1 aliphatic heterocycles. The lowest BCUT2D eigenvalue weighted by Crippen LogP contribution is -2.36. The minimum absolute atomic E-state index is 0.176. The van der Waals surface area contributed by atoms with Crippen molar-refractivity contribution >= 4 is 10.0 Å². The van der Waals surface area contributed by atoms with Gasteiger partial charge in [-0.15, -0.1) is 0 Å². The predicted molar refractivity (Wildman–Crippen MR) is 82.5 cm³/mol. The fourth-order valence-electron chi connectivity index (χ4n) is 2.70. The van der Waals surface area contributed by atoms with Crippen LogP contribution in [0, 0.1) is 6.92 Å². The molecule has 3 nitrogen and oxygen atoms in total. The Morgan fingerprint density at radius 2 is 1.65 bits per heavy atom. The summed E-state index contributed by atoms with van der Waals surface area (Å²) in [6.45, 7) is 9.51. The number of hydrogen-bond acceptors (Lipinski definition) is 2. The van der Waals surface area contributed by atoms with Crippen LogP contribution in [-0.4, -0.2) is 25.8 Å². The van der Waals surface area contributed by atoms with E-state index in [1.54, 1.807) is 10.4 Å². The highest BCUT2D eigenvalue weighted by Gasteiger charge is 2.31. The van der Waals surface area contributed by atoms with Crippen LogP contribution in [0.5, 0.6) is 0 Å². The van der Waals surface area contributed by atoms with Gasteiger partial charge in [-0.25, -0.2) is 8.42 Å². The Bertz CT molecular complexity index is 579. The van der Waals surface area contributed by atoms with E-state index < -0.39 is 10.0 Å². The molecule has 1 saturated heterocycles. The van der Waals surface area contributed by atoms with Crippen molar-refractivity contribution in [2.75, 3.05) is 13.1 Å². The topological polar surface area (TPSA) is 37.4 Å². The van der Waals surface area contributed by atoms with E-state index in [0.717, 1.165) is 30.4 Å². The van der Waals surface area contributed by atoms with E-state index >= 15 is 0 Å². The number of sulfonamides is 1. The lowest BCUT2D eigenvalue weighted by molar-refractivity contribution is 0.345. The van der Waals surface area contributed by atoms with Crippen molar-refractivity contribution in [1.29, 1.82) is 0 Å². The molecule has 1 aromatic carbocycles. The zero-order valence-corrected chi connectivity index (χ0v) is 13.8. The normalized spacial score (nSPS) is 18.2. The fraction of sp³-hybridized carbons (Fsp3) is 0.625. The molecule has 0 aliphatic carbocycles. The van der Waals surface area contributed by atoms with Gasteiger partial charge in [-0.2, -0.15) is 4.31 Å². The first-order chi connectivity index (χ1) is 9.23. The van der Waals surface area contributed by atoms with Crippen molar-refractivity contribution in [3.63, 3.8) is 0 Å². The second kappa shape index (κ2) is 5.49. The third-order valence-electron chi connectivity index (χ3n) is 3.88. The smallest absolute Gasteiger partial charge is 0.207 e. The van der Waals surface area contributed by atoms with Gasteiger partial charge in [0.05, 0.1) is 4.90 Å². The Hall–Kier alpha value is -0.870. The molecule has 4 heteroatoms.